The molecule has 0 aromatic heterocycles. The van der Waals surface area contributed by atoms with Crippen molar-refractivity contribution in [3.63, 3.8) is 0 Å². The fourth-order valence-electron chi connectivity index (χ4n) is 2.88. The van der Waals surface area contributed by atoms with Crippen LogP contribution in [0, 0.1) is 17.3 Å². The van der Waals surface area contributed by atoms with E-state index in [4.69, 9.17) is 0 Å². The molecule has 1 aliphatic carbocycles. The molecule has 1 saturated carbocycles. The third-order valence-corrected chi connectivity index (χ3v) is 3.32. The maximum absolute atomic E-state index is 11.9. The van der Waals surface area contributed by atoms with Crippen LogP contribution in [0.3, 0.4) is 0 Å². The van der Waals surface area contributed by atoms with Gasteiger partial charge in [0.25, 0.3) is 0 Å². The smallest absolute Gasteiger partial charge is 0.136 e. The van der Waals surface area contributed by atoms with E-state index >= 15 is 0 Å². The van der Waals surface area contributed by atoms with Gasteiger partial charge in [-0.25, -0.2) is 0 Å². The van der Waals surface area contributed by atoms with E-state index in [2.05, 4.69) is 27.7 Å². The van der Waals surface area contributed by atoms with Gasteiger partial charge in [-0.1, -0.05) is 40.5 Å². The van der Waals surface area contributed by atoms with Gasteiger partial charge in [-0.3, -0.25) is 4.79 Å². The Bertz CT molecular complexity index is 206. The Labute approximate surface area is 94.6 Å². The highest BCUT2D eigenvalue weighted by molar-refractivity contribution is 5.81. The Kier molecular flexibility index (Phi) is 4.36. The second-order valence-corrected chi connectivity index (χ2v) is 6.52. The van der Waals surface area contributed by atoms with Gasteiger partial charge < -0.3 is 0 Å². The predicted molar refractivity (Wildman–Crippen MR) is 64.8 cm³/mol. The van der Waals surface area contributed by atoms with Crippen LogP contribution in [0.15, 0.2) is 0 Å². The first kappa shape index (κ1) is 12.7. The van der Waals surface area contributed by atoms with Crippen molar-refractivity contribution in [2.45, 2.75) is 66.2 Å². The molecule has 1 atom stereocenters. The van der Waals surface area contributed by atoms with Crippen LogP contribution in [0.1, 0.15) is 66.2 Å². The van der Waals surface area contributed by atoms with Gasteiger partial charge in [0.15, 0.2) is 0 Å². The predicted octanol–water partition coefficient (Wildman–Crippen LogP) is 4.21. The lowest BCUT2D eigenvalue weighted by atomic mass is 9.82. The van der Waals surface area contributed by atoms with Gasteiger partial charge in [0.05, 0.1) is 0 Å². The van der Waals surface area contributed by atoms with E-state index in [0.29, 0.717) is 23.0 Å². The van der Waals surface area contributed by atoms with E-state index < -0.39 is 0 Å². The highest BCUT2D eigenvalue weighted by Gasteiger charge is 2.25. The number of carbonyl (C=O) groups is 1. The summed E-state index contributed by atoms with van der Waals surface area (Å²) in [5.74, 6) is 1.50. The van der Waals surface area contributed by atoms with Crippen LogP contribution in [-0.4, -0.2) is 5.78 Å². The zero-order valence-corrected chi connectivity index (χ0v) is 10.8. The van der Waals surface area contributed by atoms with E-state index in [1.54, 1.807) is 0 Å². The van der Waals surface area contributed by atoms with Crippen LogP contribution < -0.4 is 0 Å². The second-order valence-electron chi connectivity index (χ2n) is 6.52. The van der Waals surface area contributed by atoms with Crippen molar-refractivity contribution < 1.29 is 4.79 Å². The first-order chi connectivity index (χ1) is 6.88. The van der Waals surface area contributed by atoms with Crippen LogP contribution in [-0.2, 0) is 4.79 Å². The lowest BCUT2D eigenvalue weighted by Crippen LogP contribution is -2.18. The molecule has 1 fully saturated rings. The van der Waals surface area contributed by atoms with Crippen LogP contribution in [0.5, 0.6) is 0 Å². The second kappa shape index (κ2) is 5.14. The van der Waals surface area contributed by atoms with Gasteiger partial charge >= 0.3 is 0 Å². The summed E-state index contributed by atoms with van der Waals surface area (Å²) < 4.78 is 0. The Balaban J connectivity index is 2.30. The third-order valence-electron chi connectivity index (χ3n) is 3.32. The van der Waals surface area contributed by atoms with Crippen molar-refractivity contribution in [2.24, 2.45) is 17.3 Å². The average molecular weight is 210 g/mol. The minimum absolute atomic E-state index is 0.357. The summed E-state index contributed by atoms with van der Waals surface area (Å²) in [5.41, 5.74) is 0.357. The molecule has 1 aliphatic rings. The Morgan fingerprint density at radius 1 is 1.27 bits per heavy atom. The van der Waals surface area contributed by atoms with E-state index in [9.17, 15) is 4.79 Å². The third kappa shape index (κ3) is 4.81. The van der Waals surface area contributed by atoms with E-state index in [0.717, 1.165) is 25.7 Å². The molecule has 0 amide bonds. The topological polar surface area (TPSA) is 17.1 Å². The summed E-state index contributed by atoms with van der Waals surface area (Å²) >= 11 is 0. The van der Waals surface area contributed by atoms with Crippen molar-refractivity contribution in [2.75, 3.05) is 0 Å². The average Bonchev–Trinajstić information content (AvgIpc) is 2.50. The Hall–Kier alpha value is -0.330. The molecule has 0 aromatic rings. The lowest BCUT2D eigenvalue weighted by Gasteiger charge is -2.23. The normalized spacial score (nSPS) is 20.5. The SMILES string of the molecule is CC(CC(=O)C1CCCC1)CC(C)(C)C. The Morgan fingerprint density at radius 2 is 1.80 bits per heavy atom. The van der Waals surface area contributed by atoms with Crippen molar-refractivity contribution in [1.82, 2.24) is 0 Å². The molecule has 0 bridgehead atoms. The van der Waals surface area contributed by atoms with Crippen LogP contribution in [0.4, 0.5) is 0 Å². The number of hydrogen-bond donors (Lipinski definition) is 0. The molecule has 88 valence electrons. The highest BCUT2D eigenvalue weighted by Crippen LogP contribution is 2.30. The molecule has 1 nitrogen and oxygen atoms in total. The molecule has 0 N–H and O–H groups in total. The molecule has 1 unspecified atom stereocenters. The molecule has 1 heteroatoms. The van der Waals surface area contributed by atoms with Crippen LogP contribution >= 0.6 is 0 Å². The maximum Gasteiger partial charge on any atom is 0.136 e. The van der Waals surface area contributed by atoms with E-state index in [-0.39, 0.29) is 0 Å². The molecular weight excluding hydrogens is 184 g/mol. The Morgan fingerprint density at radius 3 is 2.27 bits per heavy atom. The number of rotatable bonds is 4. The number of hydrogen-bond acceptors (Lipinski definition) is 1. The van der Waals surface area contributed by atoms with Gasteiger partial charge in [0.2, 0.25) is 0 Å². The minimum atomic E-state index is 0.357. The zero-order valence-electron chi connectivity index (χ0n) is 10.8. The van der Waals surface area contributed by atoms with Crippen LogP contribution in [0.2, 0.25) is 0 Å². The summed E-state index contributed by atoms with van der Waals surface area (Å²) in [6, 6.07) is 0. The minimum Gasteiger partial charge on any atom is -0.299 e. The fourth-order valence-corrected chi connectivity index (χ4v) is 2.88. The monoisotopic (exact) mass is 210 g/mol. The van der Waals surface area contributed by atoms with Gasteiger partial charge in [-0.15, -0.1) is 0 Å². The standard InChI is InChI=1S/C14H26O/c1-11(10-14(2,3)4)9-13(15)12-7-5-6-8-12/h11-12H,5-10H2,1-4H3. The number of ketones is 1. The van der Waals surface area contributed by atoms with Crippen molar-refractivity contribution in [1.29, 1.82) is 0 Å². The van der Waals surface area contributed by atoms with Gasteiger partial charge in [0.1, 0.15) is 5.78 Å². The highest BCUT2D eigenvalue weighted by atomic mass is 16.1. The van der Waals surface area contributed by atoms with Crippen molar-refractivity contribution >= 4 is 5.78 Å². The summed E-state index contributed by atoms with van der Waals surface area (Å²) in [6.07, 6.45) is 6.81. The van der Waals surface area contributed by atoms with Gasteiger partial charge in [-0.05, 0) is 30.6 Å². The first-order valence-electron chi connectivity index (χ1n) is 6.41. The summed E-state index contributed by atoms with van der Waals surface area (Å²) in [6.45, 7) is 8.98. The molecule has 0 radical (unpaired) electrons. The summed E-state index contributed by atoms with van der Waals surface area (Å²) in [7, 11) is 0. The summed E-state index contributed by atoms with van der Waals surface area (Å²) in [5, 5.41) is 0. The number of carbonyl (C=O) groups excluding carboxylic acids is 1. The molecule has 15 heavy (non-hydrogen) atoms. The maximum atomic E-state index is 11.9. The first-order valence-corrected chi connectivity index (χ1v) is 6.41. The molecule has 0 aliphatic heterocycles. The molecule has 0 heterocycles. The molecule has 0 saturated heterocycles. The lowest BCUT2D eigenvalue weighted by molar-refractivity contribution is -0.123. The summed E-state index contributed by atoms with van der Waals surface area (Å²) in [4.78, 5) is 11.9. The van der Waals surface area contributed by atoms with Crippen molar-refractivity contribution in [3.8, 4) is 0 Å². The molecule has 0 spiro atoms. The molecule has 1 rings (SSSR count). The largest absolute Gasteiger partial charge is 0.299 e. The zero-order chi connectivity index (χ0) is 11.5. The quantitative estimate of drug-likeness (QED) is 0.679. The number of Topliss-reactive ketones (excluding diaryl/α,β-unsaturated/α-hetero) is 1. The molecular formula is C14H26O. The van der Waals surface area contributed by atoms with Crippen LogP contribution in [0.25, 0.3) is 0 Å². The molecule has 0 aromatic carbocycles. The van der Waals surface area contributed by atoms with Crippen molar-refractivity contribution in [3.05, 3.63) is 0 Å². The van der Waals surface area contributed by atoms with Gasteiger partial charge in [0, 0.05) is 12.3 Å². The van der Waals surface area contributed by atoms with E-state index in [1.165, 1.54) is 12.8 Å². The van der Waals surface area contributed by atoms with E-state index in [1.807, 2.05) is 0 Å². The van der Waals surface area contributed by atoms with Gasteiger partial charge in [-0.2, -0.15) is 0 Å². The fraction of sp³-hybridized carbons (Fsp3) is 0.929.